The van der Waals surface area contributed by atoms with E-state index in [9.17, 15) is 22.8 Å². The minimum absolute atomic E-state index is 0.0613. The molecule has 0 N–H and O–H groups in total. The Kier molecular flexibility index (Phi) is 7.81. The molecule has 0 atom stereocenters. The molecule has 0 heterocycles. The van der Waals surface area contributed by atoms with Gasteiger partial charge in [0.05, 0.1) is 30.2 Å². The van der Waals surface area contributed by atoms with Gasteiger partial charge in [-0.3, -0.25) is 4.79 Å². The van der Waals surface area contributed by atoms with Gasteiger partial charge in [0.25, 0.3) is 5.91 Å². The number of halogens is 3. The summed E-state index contributed by atoms with van der Waals surface area (Å²) in [6.45, 7) is 1.78. The topological polar surface area (TPSA) is 79.6 Å². The Hall–Kier alpha value is -3.54. The number of anilines is 1. The molecular weight excluding hydrogens is 401 g/mol. The van der Waals surface area contributed by atoms with Crippen LogP contribution in [0, 0.1) is 11.3 Å². The summed E-state index contributed by atoms with van der Waals surface area (Å²) in [5.74, 6) is -0.888. The summed E-state index contributed by atoms with van der Waals surface area (Å²) >= 11 is 0. The van der Waals surface area contributed by atoms with Gasteiger partial charge >= 0.3 is 12.1 Å². The van der Waals surface area contributed by atoms with E-state index in [0.29, 0.717) is 18.0 Å². The van der Waals surface area contributed by atoms with Gasteiger partial charge in [-0.25, -0.2) is 4.79 Å². The van der Waals surface area contributed by atoms with Crippen LogP contribution in [-0.2, 0) is 15.7 Å². The number of rotatable bonds is 8. The third-order valence-electron chi connectivity index (χ3n) is 3.98. The van der Waals surface area contributed by atoms with Gasteiger partial charge in [-0.1, -0.05) is 0 Å². The summed E-state index contributed by atoms with van der Waals surface area (Å²) in [6, 6.07) is 12.0. The fourth-order valence-corrected chi connectivity index (χ4v) is 2.53. The van der Waals surface area contributed by atoms with E-state index in [1.807, 2.05) is 13.0 Å². The molecule has 2 aromatic carbocycles. The van der Waals surface area contributed by atoms with Crippen molar-refractivity contribution in [2.24, 2.45) is 0 Å². The van der Waals surface area contributed by atoms with E-state index in [1.165, 1.54) is 4.90 Å². The molecule has 30 heavy (non-hydrogen) atoms. The maximum atomic E-state index is 12.6. The van der Waals surface area contributed by atoms with Crippen LogP contribution in [0.25, 0.3) is 0 Å². The Bertz CT molecular complexity index is 904. The van der Waals surface area contributed by atoms with E-state index < -0.39 is 30.2 Å². The first kappa shape index (κ1) is 22.7. The summed E-state index contributed by atoms with van der Waals surface area (Å²) in [7, 11) is 0. The minimum atomic E-state index is -4.52. The standard InChI is InChI=1S/C21H19F3N2O4/c1-2-29-18-10-8-17(9-11-18)26(13-3-12-25)19(27)14-30-20(28)15-4-6-16(7-5-15)21(22,23)24/h4-11H,2-3,13-14H2,1H3. The van der Waals surface area contributed by atoms with Crippen LogP contribution in [0.2, 0.25) is 0 Å². The fourth-order valence-electron chi connectivity index (χ4n) is 2.53. The maximum Gasteiger partial charge on any atom is 0.416 e. The van der Waals surface area contributed by atoms with Gasteiger partial charge in [-0.15, -0.1) is 0 Å². The van der Waals surface area contributed by atoms with Gasteiger partial charge in [0.2, 0.25) is 0 Å². The van der Waals surface area contributed by atoms with Crippen LogP contribution in [0.5, 0.6) is 5.75 Å². The molecule has 0 aliphatic carbocycles. The van der Waals surface area contributed by atoms with Gasteiger partial charge in [-0.2, -0.15) is 18.4 Å². The Balaban J connectivity index is 2.04. The first-order valence-corrected chi connectivity index (χ1v) is 9.00. The zero-order chi connectivity index (χ0) is 22.1. The van der Waals surface area contributed by atoms with Gasteiger partial charge in [0.1, 0.15) is 5.75 Å². The normalized spacial score (nSPS) is 10.8. The van der Waals surface area contributed by atoms with Crippen molar-refractivity contribution < 1.29 is 32.2 Å². The number of esters is 1. The Morgan fingerprint density at radius 1 is 1.07 bits per heavy atom. The van der Waals surface area contributed by atoms with Crippen LogP contribution in [0.15, 0.2) is 48.5 Å². The molecule has 0 spiro atoms. The highest BCUT2D eigenvalue weighted by molar-refractivity contribution is 5.97. The predicted octanol–water partition coefficient (Wildman–Crippen LogP) is 4.21. The molecule has 0 aromatic heterocycles. The van der Waals surface area contributed by atoms with E-state index in [4.69, 9.17) is 14.7 Å². The third kappa shape index (κ3) is 6.24. The molecule has 6 nitrogen and oxygen atoms in total. The van der Waals surface area contributed by atoms with Crippen LogP contribution < -0.4 is 9.64 Å². The highest BCUT2D eigenvalue weighted by Crippen LogP contribution is 2.29. The van der Waals surface area contributed by atoms with E-state index in [-0.39, 0.29) is 18.5 Å². The van der Waals surface area contributed by atoms with Crippen molar-refractivity contribution in [2.45, 2.75) is 19.5 Å². The van der Waals surface area contributed by atoms with Crippen molar-refractivity contribution in [1.29, 1.82) is 5.26 Å². The lowest BCUT2D eigenvalue weighted by Gasteiger charge is -2.22. The number of nitrogens with zero attached hydrogens (tertiary/aromatic N) is 2. The van der Waals surface area contributed by atoms with E-state index in [1.54, 1.807) is 24.3 Å². The molecule has 0 saturated carbocycles. The zero-order valence-electron chi connectivity index (χ0n) is 16.1. The lowest BCUT2D eigenvalue weighted by atomic mass is 10.1. The van der Waals surface area contributed by atoms with Crippen molar-refractivity contribution in [3.8, 4) is 11.8 Å². The van der Waals surface area contributed by atoms with Crippen LogP contribution >= 0.6 is 0 Å². The maximum absolute atomic E-state index is 12.6. The van der Waals surface area contributed by atoms with Crippen LogP contribution in [-0.4, -0.2) is 31.6 Å². The first-order valence-electron chi connectivity index (χ1n) is 9.00. The van der Waals surface area contributed by atoms with Gasteiger partial charge in [0, 0.05) is 12.2 Å². The molecule has 0 fully saturated rings. The van der Waals surface area contributed by atoms with Crippen molar-refractivity contribution >= 4 is 17.6 Å². The van der Waals surface area contributed by atoms with E-state index in [2.05, 4.69) is 0 Å². The monoisotopic (exact) mass is 420 g/mol. The van der Waals surface area contributed by atoms with Crippen LogP contribution in [0.4, 0.5) is 18.9 Å². The summed E-state index contributed by atoms with van der Waals surface area (Å²) < 4.78 is 48.1. The van der Waals surface area contributed by atoms with Gasteiger partial charge in [-0.05, 0) is 55.5 Å². The molecule has 1 amide bonds. The van der Waals surface area contributed by atoms with Gasteiger partial charge < -0.3 is 14.4 Å². The number of carbonyl (C=O) groups excluding carboxylic acids is 2. The molecule has 0 radical (unpaired) electrons. The fraction of sp³-hybridized carbons (Fsp3) is 0.286. The highest BCUT2D eigenvalue weighted by atomic mass is 19.4. The van der Waals surface area contributed by atoms with Crippen molar-refractivity contribution in [1.82, 2.24) is 0 Å². The molecule has 2 aromatic rings. The Morgan fingerprint density at radius 3 is 2.23 bits per heavy atom. The quantitative estimate of drug-likeness (QED) is 0.598. The largest absolute Gasteiger partial charge is 0.494 e. The second-order valence-electron chi connectivity index (χ2n) is 6.03. The number of benzene rings is 2. The van der Waals surface area contributed by atoms with Crippen molar-refractivity contribution in [3.05, 3.63) is 59.7 Å². The number of hydrogen-bond donors (Lipinski definition) is 0. The summed E-state index contributed by atoms with van der Waals surface area (Å²) in [4.78, 5) is 25.9. The van der Waals surface area contributed by atoms with Gasteiger partial charge in [0.15, 0.2) is 6.61 Å². The summed E-state index contributed by atoms with van der Waals surface area (Å²) in [6.07, 6.45) is -4.46. The molecule has 9 heteroatoms. The van der Waals surface area contributed by atoms with E-state index in [0.717, 1.165) is 24.3 Å². The third-order valence-corrected chi connectivity index (χ3v) is 3.98. The second-order valence-corrected chi connectivity index (χ2v) is 6.03. The number of nitriles is 1. The van der Waals surface area contributed by atoms with E-state index >= 15 is 0 Å². The summed E-state index contributed by atoms with van der Waals surface area (Å²) in [5.41, 5.74) is -0.516. The highest BCUT2D eigenvalue weighted by Gasteiger charge is 2.30. The van der Waals surface area contributed by atoms with Crippen LogP contribution in [0.1, 0.15) is 29.3 Å². The summed E-state index contributed by atoms with van der Waals surface area (Å²) in [5, 5.41) is 8.83. The van der Waals surface area contributed by atoms with Crippen molar-refractivity contribution in [3.63, 3.8) is 0 Å². The lowest BCUT2D eigenvalue weighted by molar-refractivity contribution is -0.137. The Labute approximate surface area is 171 Å². The minimum Gasteiger partial charge on any atom is -0.494 e. The van der Waals surface area contributed by atoms with Crippen LogP contribution in [0.3, 0.4) is 0 Å². The SMILES string of the molecule is CCOc1ccc(N(CCC#N)C(=O)COC(=O)c2ccc(C(F)(F)F)cc2)cc1. The molecule has 0 aliphatic rings. The molecule has 2 rings (SSSR count). The Morgan fingerprint density at radius 2 is 1.70 bits per heavy atom. The number of hydrogen-bond acceptors (Lipinski definition) is 5. The molecule has 158 valence electrons. The molecule has 0 aliphatic heterocycles. The predicted molar refractivity (Wildman–Crippen MR) is 102 cm³/mol. The molecular formula is C21H19F3N2O4. The first-order chi connectivity index (χ1) is 14.3. The van der Waals surface area contributed by atoms with Crippen molar-refractivity contribution in [2.75, 3.05) is 24.7 Å². The number of amides is 1. The lowest BCUT2D eigenvalue weighted by Crippen LogP contribution is -2.35. The number of alkyl halides is 3. The number of carbonyl (C=O) groups is 2. The molecule has 0 unspecified atom stereocenters. The average molecular weight is 420 g/mol. The molecule has 0 saturated heterocycles. The molecule has 0 bridgehead atoms. The smallest absolute Gasteiger partial charge is 0.416 e. The average Bonchev–Trinajstić information content (AvgIpc) is 2.73. The second kappa shape index (κ2) is 10.3. The number of ether oxygens (including phenoxy) is 2. The zero-order valence-corrected chi connectivity index (χ0v) is 16.1.